The maximum absolute atomic E-state index is 13.7. The number of hydrogen-bond donors (Lipinski definition) is 0. The lowest BCUT2D eigenvalue weighted by Gasteiger charge is -2.24. The average molecular weight is 315 g/mol. The summed E-state index contributed by atoms with van der Waals surface area (Å²) in [5.74, 6) is 0.914. The van der Waals surface area contributed by atoms with Gasteiger partial charge in [-0.15, -0.1) is 0 Å². The Morgan fingerprint density at radius 2 is 2.26 bits per heavy atom. The van der Waals surface area contributed by atoms with E-state index in [1.54, 1.807) is 19.4 Å². The molecule has 0 bridgehead atoms. The summed E-state index contributed by atoms with van der Waals surface area (Å²) < 4.78 is 19.0. The van der Waals surface area contributed by atoms with Crippen LogP contribution in [0.3, 0.4) is 0 Å². The molecule has 0 N–H and O–H groups in total. The minimum atomic E-state index is -0.200. The predicted molar refractivity (Wildman–Crippen MR) is 86.8 cm³/mol. The van der Waals surface area contributed by atoms with Gasteiger partial charge in [0, 0.05) is 24.8 Å². The van der Waals surface area contributed by atoms with Gasteiger partial charge in [-0.1, -0.05) is 6.07 Å². The van der Waals surface area contributed by atoms with Gasteiger partial charge in [0.25, 0.3) is 0 Å². The molecule has 0 spiro atoms. The molecule has 3 heterocycles. The summed E-state index contributed by atoms with van der Waals surface area (Å²) in [4.78, 5) is 10.7. The van der Waals surface area contributed by atoms with E-state index in [1.165, 1.54) is 6.20 Å². The third kappa shape index (κ3) is 3.67. The molecule has 122 valence electrons. The standard InChI is InChI=1S/C18H22FN3O/c1-13(17-4-3-5-18(21-17)23-2)22-9-7-14(12-22)10-15-6-8-20-11-16(15)19/h3-6,8,11,13-14H,7,9-10,12H2,1-2H3. The molecule has 4 nitrogen and oxygen atoms in total. The summed E-state index contributed by atoms with van der Waals surface area (Å²) in [5.41, 5.74) is 1.78. The number of likely N-dealkylation sites (tertiary alicyclic amines) is 1. The molecule has 2 unspecified atom stereocenters. The van der Waals surface area contributed by atoms with Crippen LogP contribution >= 0.6 is 0 Å². The molecule has 0 radical (unpaired) electrons. The van der Waals surface area contributed by atoms with Gasteiger partial charge in [0.1, 0.15) is 5.82 Å². The molecular formula is C18H22FN3O. The Labute approximate surface area is 136 Å². The molecule has 23 heavy (non-hydrogen) atoms. The first-order chi connectivity index (χ1) is 11.2. The lowest BCUT2D eigenvalue weighted by Crippen LogP contribution is -2.25. The van der Waals surface area contributed by atoms with Crippen molar-refractivity contribution in [2.24, 2.45) is 5.92 Å². The van der Waals surface area contributed by atoms with Crippen molar-refractivity contribution in [3.8, 4) is 5.88 Å². The van der Waals surface area contributed by atoms with Crippen molar-refractivity contribution in [3.63, 3.8) is 0 Å². The first-order valence-electron chi connectivity index (χ1n) is 8.00. The van der Waals surface area contributed by atoms with Crippen molar-refractivity contribution in [2.45, 2.75) is 25.8 Å². The molecule has 0 aromatic carbocycles. The molecule has 2 atom stereocenters. The third-order valence-electron chi connectivity index (χ3n) is 4.61. The number of pyridine rings is 2. The quantitative estimate of drug-likeness (QED) is 0.849. The van der Waals surface area contributed by atoms with Crippen molar-refractivity contribution in [2.75, 3.05) is 20.2 Å². The van der Waals surface area contributed by atoms with Crippen molar-refractivity contribution < 1.29 is 9.13 Å². The number of aromatic nitrogens is 2. The molecule has 1 saturated heterocycles. The smallest absolute Gasteiger partial charge is 0.213 e. The number of ether oxygens (including phenoxy) is 1. The summed E-state index contributed by atoms with van der Waals surface area (Å²) in [6.45, 7) is 4.14. The topological polar surface area (TPSA) is 38.2 Å². The monoisotopic (exact) mass is 315 g/mol. The molecule has 1 aliphatic heterocycles. The largest absolute Gasteiger partial charge is 0.481 e. The molecular weight excluding hydrogens is 293 g/mol. The summed E-state index contributed by atoms with van der Waals surface area (Å²) >= 11 is 0. The Balaban J connectivity index is 1.64. The number of halogens is 1. The Bertz CT molecular complexity index is 664. The number of nitrogens with zero attached hydrogens (tertiary/aromatic N) is 3. The third-order valence-corrected chi connectivity index (χ3v) is 4.61. The highest BCUT2D eigenvalue weighted by Gasteiger charge is 2.28. The van der Waals surface area contributed by atoms with Gasteiger partial charge in [0.05, 0.1) is 19.0 Å². The fraction of sp³-hybridized carbons (Fsp3) is 0.444. The maximum atomic E-state index is 13.7. The molecule has 2 aromatic rings. The SMILES string of the molecule is COc1cccc(C(C)N2CCC(Cc3ccncc3F)C2)n1. The van der Waals surface area contributed by atoms with Gasteiger partial charge in [0.2, 0.25) is 5.88 Å². The first kappa shape index (κ1) is 15.9. The fourth-order valence-corrected chi connectivity index (χ4v) is 3.23. The van der Waals surface area contributed by atoms with Gasteiger partial charge in [-0.05, 0) is 49.9 Å². The normalized spacial score (nSPS) is 19.7. The molecule has 1 fully saturated rings. The molecule has 5 heteroatoms. The fourth-order valence-electron chi connectivity index (χ4n) is 3.23. The minimum absolute atomic E-state index is 0.200. The van der Waals surface area contributed by atoms with Crippen LogP contribution in [0.15, 0.2) is 36.7 Å². The van der Waals surface area contributed by atoms with E-state index in [2.05, 4.69) is 21.8 Å². The Hall–Kier alpha value is -2.01. The van der Waals surface area contributed by atoms with Crippen LogP contribution in [0.1, 0.15) is 30.6 Å². The van der Waals surface area contributed by atoms with E-state index in [4.69, 9.17) is 4.74 Å². The molecule has 3 rings (SSSR count). The van der Waals surface area contributed by atoms with Gasteiger partial charge in [-0.2, -0.15) is 0 Å². The van der Waals surface area contributed by atoms with E-state index in [1.807, 2.05) is 18.2 Å². The lowest BCUT2D eigenvalue weighted by molar-refractivity contribution is 0.246. The maximum Gasteiger partial charge on any atom is 0.213 e. The van der Waals surface area contributed by atoms with Gasteiger partial charge < -0.3 is 4.74 Å². The highest BCUT2D eigenvalue weighted by molar-refractivity contribution is 5.18. The van der Waals surface area contributed by atoms with Gasteiger partial charge in [0.15, 0.2) is 0 Å². The molecule has 0 aliphatic carbocycles. The minimum Gasteiger partial charge on any atom is -0.481 e. The second-order valence-electron chi connectivity index (χ2n) is 6.10. The number of methoxy groups -OCH3 is 1. The van der Waals surface area contributed by atoms with E-state index < -0.39 is 0 Å². The summed E-state index contributed by atoms with van der Waals surface area (Å²) in [6, 6.07) is 7.87. The predicted octanol–water partition coefficient (Wildman–Crippen LogP) is 3.25. The van der Waals surface area contributed by atoms with Crippen LogP contribution in [0.2, 0.25) is 0 Å². The Kier molecular flexibility index (Phi) is 4.86. The van der Waals surface area contributed by atoms with E-state index in [0.29, 0.717) is 11.8 Å². The van der Waals surface area contributed by atoms with Crippen LogP contribution in [0.4, 0.5) is 4.39 Å². The summed E-state index contributed by atoms with van der Waals surface area (Å²) in [5, 5.41) is 0. The zero-order chi connectivity index (χ0) is 16.2. The van der Waals surface area contributed by atoms with Crippen LogP contribution in [-0.2, 0) is 6.42 Å². The van der Waals surface area contributed by atoms with Gasteiger partial charge in [-0.3, -0.25) is 9.88 Å². The lowest BCUT2D eigenvalue weighted by atomic mass is 9.99. The van der Waals surface area contributed by atoms with E-state index in [9.17, 15) is 4.39 Å². The van der Waals surface area contributed by atoms with E-state index >= 15 is 0 Å². The summed E-state index contributed by atoms with van der Waals surface area (Å²) in [7, 11) is 1.63. The second kappa shape index (κ2) is 7.04. The van der Waals surface area contributed by atoms with Crippen molar-refractivity contribution in [1.82, 2.24) is 14.9 Å². The molecule has 2 aromatic heterocycles. The molecule has 1 aliphatic rings. The van der Waals surface area contributed by atoms with Crippen molar-refractivity contribution in [1.29, 1.82) is 0 Å². The van der Waals surface area contributed by atoms with E-state index in [-0.39, 0.29) is 11.9 Å². The number of hydrogen-bond acceptors (Lipinski definition) is 4. The highest BCUT2D eigenvalue weighted by atomic mass is 19.1. The van der Waals surface area contributed by atoms with E-state index in [0.717, 1.165) is 37.2 Å². The Morgan fingerprint density at radius 1 is 1.39 bits per heavy atom. The van der Waals surface area contributed by atoms with Crippen LogP contribution in [0.25, 0.3) is 0 Å². The van der Waals surface area contributed by atoms with Crippen molar-refractivity contribution >= 4 is 0 Å². The molecule has 0 saturated carbocycles. The van der Waals surface area contributed by atoms with Crippen LogP contribution in [0.5, 0.6) is 5.88 Å². The van der Waals surface area contributed by atoms with Crippen molar-refractivity contribution in [3.05, 3.63) is 53.7 Å². The van der Waals surface area contributed by atoms with Crippen LogP contribution in [-0.4, -0.2) is 35.1 Å². The number of rotatable bonds is 5. The average Bonchev–Trinajstić information content (AvgIpc) is 3.05. The van der Waals surface area contributed by atoms with Gasteiger partial charge >= 0.3 is 0 Å². The zero-order valence-corrected chi connectivity index (χ0v) is 13.6. The first-order valence-corrected chi connectivity index (χ1v) is 8.00. The molecule has 0 amide bonds. The second-order valence-corrected chi connectivity index (χ2v) is 6.10. The van der Waals surface area contributed by atoms with Gasteiger partial charge in [-0.25, -0.2) is 9.37 Å². The zero-order valence-electron chi connectivity index (χ0n) is 13.6. The summed E-state index contributed by atoms with van der Waals surface area (Å²) in [6.07, 6.45) is 4.80. The van der Waals surface area contributed by atoms with Crippen LogP contribution < -0.4 is 4.74 Å². The Morgan fingerprint density at radius 3 is 3.04 bits per heavy atom. The van der Waals surface area contributed by atoms with Crippen LogP contribution in [0, 0.1) is 11.7 Å². The highest BCUT2D eigenvalue weighted by Crippen LogP contribution is 2.29.